The van der Waals surface area contributed by atoms with E-state index in [0.29, 0.717) is 18.5 Å². The predicted octanol–water partition coefficient (Wildman–Crippen LogP) is 3.83. The molecule has 1 aromatic carbocycles. The molecule has 2 N–H and O–H groups in total. The van der Waals surface area contributed by atoms with Crippen molar-refractivity contribution in [1.29, 1.82) is 0 Å². The fourth-order valence-corrected chi connectivity index (χ4v) is 3.11. The summed E-state index contributed by atoms with van der Waals surface area (Å²) in [5, 5.41) is 0. The Labute approximate surface area is 124 Å². The van der Waals surface area contributed by atoms with E-state index in [9.17, 15) is 13.2 Å². The predicted molar refractivity (Wildman–Crippen MR) is 77.8 cm³/mol. The number of alkyl halides is 3. The van der Waals surface area contributed by atoms with E-state index in [-0.39, 0.29) is 6.04 Å². The molecule has 0 bridgehead atoms. The Morgan fingerprint density at radius 3 is 2.38 bits per heavy atom. The van der Waals surface area contributed by atoms with Crippen molar-refractivity contribution in [3.05, 3.63) is 35.4 Å². The lowest BCUT2D eigenvalue weighted by molar-refractivity contribution is -0.137. The van der Waals surface area contributed by atoms with Gasteiger partial charge in [0.15, 0.2) is 0 Å². The van der Waals surface area contributed by atoms with Crippen molar-refractivity contribution >= 4 is 0 Å². The zero-order valence-electron chi connectivity index (χ0n) is 12.5. The topological polar surface area (TPSA) is 29.3 Å². The maximum absolute atomic E-state index is 12.5. The van der Waals surface area contributed by atoms with Crippen LogP contribution in [-0.2, 0) is 6.18 Å². The van der Waals surface area contributed by atoms with Crippen LogP contribution in [-0.4, -0.2) is 24.0 Å². The quantitative estimate of drug-likeness (QED) is 0.916. The van der Waals surface area contributed by atoms with Gasteiger partial charge in [-0.1, -0.05) is 26.0 Å². The maximum Gasteiger partial charge on any atom is 0.416 e. The Morgan fingerprint density at radius 1 is 1.24 bits per heavy atom. The van der Waals surface area contributed by atoms with Crippen molar-refractivity contribution in [3.8, 4) is 0 Å². The van der Waals surface area contributed by atoms with Crippen molar-refractivity contribution in [1.82, 2.24) is 4.90 Å². The number of nitrogens with zero attached hydrogens (tertiary/aromatic N) is 1. The first-order chi connectivity index (χ1) is 9.79. The average molecular weight is 300 g/mol. The van der Waals surface area contributed by atoms with Gasteiger partial charge < -0.3 is 5.73 Å². The van der Waals surface area contributed by atoms with E-state index in [1.807, 2.05) is 0 Å². The van der Waals surface area contributed by atoms with Gasteiger partial charge in [0, 0.05) is 18.6 Å². The molecule has 1 aromatic rings. The van der Waals surface area contributed by atoms with Crippen molar-refractivity contribution < 1.29 is 13.2 Å². The van der Waals surface area contributed by atoms with E-state index in [0.717, 1.165) is 24.2 Å². The molecule has 0 aliphatic carbocycles. The standard InChI is InChI=1S/C16H23F3N2/c1-11(2)15-4-3-9-21(15)10-14(20)12-5-7-13(8-6-12)16(17,18)19/h5-8,11,14-15H,3-4,9-10,20H2,1-2H3. The van der Waals surface area contributed by atoms with Gasteiger partial charge in [-0.2, -0.15) is 13.2 Å². The van der Waals surface area contributed by atoms with Gasteiger partial charge in [-0.15, -0.1) is 0 Å². The molecule has 0 spiro atoms. The molecule has 2 unspecified atom stereocenters. The number of rotatable bonds is 4. The summed E-state index contributed by atoms with van der Waals surface area (Å²) in [7, 11) is 0. The van der Waals surface area contributed by atoms with Gasteiger partial charge in [-0.25, -0.2) is 0 Å². The van der Waals surface area contributed by atoms with Gasteiger partial charge in [0.05, 0.1) is 5.56 Å². The smallest absolute Gasteiger partial charge is 0.323 e. The molecule has 1 saturated heterocycles. The molecule has 1 heterocycles. The van der Waals surface area contributed by atoms with Gasteiger partial charge in [0.1, 0.15) is 0 Å². The molecule has 1 fully saturated rings. The van der Waals surface area contributed by atoms with Gasteiger partial charge in [0.2, 0.25) is 0 Å². The normalized spacial score (nSPS) is 22.0. The summed E-state index contributed by atoms with van der Waals surface area (Å²) in [5.41, 5.74) is 6.31. The van der Waals surface area contributed by atoms with Crippen LogP contribution in [0.5, 0.6) is 0 Å². The molecule has 0 aromatic heterocycles. The fourth-order valence-electron chi connectivity index (χ4n) is 3.11. The van der Waals surface area contributed by atoms with Crippen LogP contribution >= 0.6 is 0 Å². The van der Waals surface area contributed by atoms with E-state index < -0.39 is 11.7 Å². The van der Waals surface area contributed by atoms with Gasteiger partial charge in [-0.05, 0) is 43.0 Å². The minimum Gasteiger partial charge on any atom is -0.323 e. The van der Waals surface area contributed by atoms with E-state index >= 15 is 0 Å². The highest BCUT2D eigenvalue weighted by atomic mass is 19.4. The van der Waals surface area contributed by atoms with Crippen LogP contribution in [0.2, 0.25) is 0 Å². The van der Waals surface area contributed by atoms with Crippen LogP contribution in [0.15, 0.2) is 24.3 Å². The number of benzene rings is 1. The summed E-state index contributed by atoms with van der Waals surface area (Å²) >= 11 is 0. The van der Waals surface area contributed by atoms with Crippen LogP contribution in [0.4, 0.5) is 13.2 Å². The van der Waals surface area contributed by atoms with Crippen molar-refractivity contribution in [2.75, 3.05) is 13.1 Å². The number of halogens is 3. The Bertz CT molecular complexity index is 454. The molecule has 5 heteroatoms. The molecule has 1 aliphatic rings. The summed E-state index contributed by atoms with van der Waals surface area (Å²) in [5.74, 6) is 0.576. The first kappa shape index (κ1) is 16.3. The molecule has 21 heavy (non-hydrogen) atoms. The average Bonchev–Trinajstić information content (AvgIpc) is 2.86. The van der Waals surface area contributed by atoms with Crippen LogP contribution in [0, 0.1) is 5.92 Å². The number of likely N-dealkylation sites (tertiary alicyclic amines) is 1. The minimum absolute atomic E-state index is 0.244. The van der Waals surface area contributed by atoms with E-state index in [4.69, 9.17) is 5.73 Å². The molecule has 0 radical (unpaired) electrons. The third-order valence-corrected chi connectivity index (χ3v) is 4.28. The van der Waals surface area contributed by atoms with E-state index in [1.165, 1.54) is 25.0 Å². The van der Waals surface area contributed by atoms with Crippen LogP contribution < -0.4 is 5.73 Å². The molecule has 118 valence electrons. The molecule has 2 atom stereocenters. The second-order valence-corrected chi connectivity index (χ2v) is 6.17. The summed E-state index contributed by atoms with van der Waals surface area (Å²) in [4.78, 5) is 2.37. The second kappa shape index (κ2) is 6.36. The fraction of sp³-hybridized carbons (Fsp3) is 0.625. The van der Waals surface area contributed by atoms with Crippen molar-refractivity contribution in [2.45, 2.75) is 44.9 Å². The molecule has 2 rings (SSSR count). The number of nitrogens with two attached hydrogens (primary N) is 1. The minimum atomic E-state index is -4.29. The highest BCUT2D eigenvalue weighted by molar-refractivity contribution is 5.26. The first-order valence-electron chi connectivity index (χ1n) is 7.46. The number of hydrogen-bond acceptors (Lipinski definition) is 2. The molecular formula is C16H23F3N2. The first-order valence-corrected chi connectivity index (χ1v) is 7.46. The van der Waals surface area contributed by atoms with Crippen molar-refractivity contribution in [2.24, 2.45) is 11.7 Å². The van der Waals surface area contributed by atoms with Gasteiger partial charge in [-0.3, -0.25) is 4.90 Å². The Hall–Kier alpha value is -1.07. The Balaban J connectivity index is 2.02. The zero-order chi connectivity index (χ0) is 15.6. The molecule has 2 nitrogen and oxygen atoms in total. The summed E-state index contributed by atoms with van der Waals surface area (Å²) in [6.07, 6.45) is -1.94. The van der Waals surface area contributed by atoms with E-state index in [1.54, 1.807) is 0 Å². The van der Waals surface area contributed by atoms with Crippen LogP contribution in [0.3, 0.4) is 0 Å². The highest BCUT2D eigenvalue weighted by Crippen LogP contribution is 2.30. The lowest BCUT2D eigenvalue weighted by Crippen LogP contribution is -2.38. The lowest BCUT2D eigenvalue weighted by atomic mass is 10.0. The SMILES string of the molecule is CC(C)C1CCCN1CC(N)c1ccc(C(F)(F)F)cc1. The largest absolute Gasteiger partial charge is 0.416 e. The molecule has 0 amide bonds. The van der Waals surface area contributed by atoms with E-state index in [2.05, 4.69) is 18.7 Å². The monoisotopic (exact) mass is 300 g/mol. The van der Waals surface area contributed by atoms with Crippen LogP contribution in [0.1, 0.15) is 43.9 Å². The molecular weight excluding hydrogens is 277 g/mol. The third-order valence-electron chi connectivity index (χ3n) is 4.28. The number of hydrogen-bond donors (Lipinski definition) is 1. The third kappa shape index (κ3) is 3.98. The van der Waals surface area contributed by atoms with Crippen LogP contribution in [0.25, 0.3) is 0 Å². The second-order valence-electron chi connectivity index (χ2n) is 6.17. The van der Waals surface area contributed by atoms with Gasteiger partial charge >= 0.3 is 6.18 Å². The summed E-state index contributed by atoms with van der Waals surface area (Å²) in [6, 6.07) is 5.50. The maximum atomic E-state index is 12.5. The zero-order valence-corrected chi connectivity index (χ0v) is 12.5. The lowest BCUT2D eigenvalue weighted by Gasteiger charge is -2.30. The molecule has 1 aliphatic heterocycles. The summed E-state index contributed by atoms with van der Waals surface area (Å²) in [6.45, 7) is 6.13. The van der Waals surface area contributed by atoms with Gasteiger partial charge in [0.25, 0.3) is 0 Å². The molecule has 0 saturated carbocycles. The van der Waals surface area contributed by atoms with Crippen molar-refractivity contribution in [3.63, 3.8) is 0 Å². The highest BCUT2D eigenvalue weighted by Gasteiger charge is 2.31. The summed E-state index contributed by atoms with van der Waals surface area (Å²) < 4.78 is 37.6. The Morgan fingerprint density at radius 2 is 1.86 bits per heavy atom. The Kier molecular flexibility index (Phi) is 4.94.